The smallest absolute Gasteiger partial charge is 0.254 e. The van der Waals surface area contributed by atoms with Crippen molar-refractivity contribution in [1.82, 2.24) is 15.0 Å². The van der Waals surface area contributed by atoms with Gasteiger partial charge in [0.1, 0.15) is 11.8 Å². The minimum atomic E-state index is -0.259. The van der Waals surface area contributed by atoms with E-state index in [1.165, 1.54) is 0 Å². The van der Waals surface area contributed by atoms with Gasteiger partial charge in [-0.3, -0.25) is 4.79 Å². The summed E-state index contributed by atoms with van der Waals surface area (Å²) in [6.07, 6.45) is 1.64. The summed E-state index contributed by atoms with van der Waals surface area (Å²) in [4.78, 5) is 19.4. The maximum Gasteiger partial charge on any atom is 0.254 e. The molecular weight excluding hydrogens is 386 g/mol. The summed E-state index contributed by atoms with van der Waals surface area (Å²) in [5, 5.41) is 4.12. The van der Waals surface area contributed by atoms with Crippen LogP contribution in [0, 0.1) is 0 Å². The first-order valence-electron chi connectivity index (χ1n) is 9.65. The Kier molecular flexibility index (Phi) is 5.56. The Labute approximate surface area is 174 Å². The van der Waals surface area contributed by atoms with Gasteiger partial charge in [0.05, 0.1) is 21.3 Å². The summed E-state index contributed by atoms with van der Waals surface area (Å²) in [6.45, 7) is 0.634. The number of aromatic nitrogens is 2. The zero-order chi connectivity index (χ0) is 21.1. The molecule has 1 fully saturated rings. The Balaban J connectivity index is 1.58. The topological polar surface area (TPSA) is 86.9 Å². The van der Waals surface area contributed by atoms with Crippen LogP contribution in [0.4, 0.5) is 0 Å². The van der Waals surface area contributed by atoms with E-state index in [4.69, 9.17) is 18.7 Å². The van der Waals surface area contributed by atoms with Gasteiger partial charge < -0.3 is 23.6 Å². The number of carbonyl (C=O) groups excluding carboxylic acids is 1. The molecule has 2 aromatic carbocycles. The van der Waals surface area contributed by atoms with Gasteiger partial charge in [-0.15, -0.1) is 0 Å². The molecule has 0 aliphatic carbocycles. The second-order valence-corrected chi connectivity index (χ2v) is 6.91. The van der Waals surface area contributed by atoms with E-state index in [-0.39, 0.29) is 11.9 Å². The quantitative estimate of drug-likeness (QED) is 0.613. The zero-order valence-corrected chi connectivity index (χ0v) is 17.1. The highest BCUT2D eigenvalue weighted by Gasteiger charge is 2.34. The highest BCUT2D eigenvalue weighted by molar-refractivity contribution is 5.95. The number of rotatable bonds is 6. The first-order chi connectivity index (χ1) is 14.6. The molecule has 1 aliphatic rings. The van der Waals surface area contributed by atoms with E-state index in [0.717, 1.165) is 18.4 Å². The molecule has 4 rings (SSSR count). The van der Waals surface area contributed by atoms with Crippen molar-refractivity contribution in [2.24, 2.45) is 0 Å². The Hall–Kier alpha value is -3.55. The van der Waals surface area contributed by atoms with Gasteiger partial charge in [0.15, 0.2) is 11.5 Å². The third-order valence-electron chi connectivity index (χ3n) is 5.20. The highest BCUT2D eigenvalue weighted by atomic mass is 16.5. The molecule has 1 aromatic heterocycles. The average molecular weight is 409 g/mol. The Morgan fingerprint density at radius 3 is 2.67 bits per heavy atom. The molecule has 1 amide bonds. The van der Waals surface area contributed by atoms with E-state index in [0.29, 0.717) is 41.1 Å². The van der Waals surface area contributed by atoms with Crippen molar-refractivity contribution in [2.75, 3.05) is 27.9 Å². The number of benzene rings is 2. The lowest BCUT2D eigenvalue weighted by molar-refractivity contribution is 0.0709. The molecule has 0 bridgehead atoms. The van der Waals surface area contributed by atoms with Crippen LogP contribution in [-0.2, 0) is 0 Å². The molecule has 8 nitrogen and oxygen atoms in total. The Morgan fingerprint density at radius 2 is 1.90 bits per heavy atom. The van der Waals surface area contributed by atoms with Gasteiger partial charge in [-0.1, -0.05) is 11.2 Å². The largest absolute Gasteiger partial charge is 0.497 e. The van der Waals surface area contributed by atoms with Crippen LogP contribution in [0.25, 0.3) is 11.4 Å². The number of amides is 1. The summed E-state index contributed by atoms with van der Waals surface area (Å²) >= 11 is 0. The minimum Gasteiger partial charge on any atom is -0.497 e. The van der Waals surface area contributed by atoms with Gasteiger partial charge in [0.2, 0.25) is 11.7 Å². The van der Waals surface area contributed by atoms with Gasteiger partial charge in [-0.25, -0.2) is 0 Å². The SMILES string of the molecule is COc1cccc(C(=O)N2CCC[C@H]2c2nc(-c3ccc(OC)c(OC)c3)no2)c1. The second-order valence-electron chi connectivity index (χ2n) is 6.91. The van der Waals surface area contributed by atoms with E-state index in [1.807, 2.05) is 12.1 Å². The van der Waals surface area contributed by atoms with E-state index < -0.39 is 0 Å². The predicted molar refractivity (Wildman–Crippen MR) is 109 cm³/mol. The fourth-order valence-corrected chi connectivity index (χ4v) is 3.65. The molecule has 1 saturated heterocycles. The second kappa shape index (κ2) is 8.44. The molecular formula is C22H23N3O5. The van der Waals surface area contributed by atoms with Crippen molar-refractivity contribution in [3.05, 3.63) is 53.9 Å². The van der Waals surface area contributed by atoms with Crippen LogP contribution >= 0.6 is 0 Å². The summed E-state index contributed by atoms with van der Waals surface area (Å²) in [7, 11) is 4.73. The van der Waals surface area contributed by atoms with Crippen molar-refractivity contribution in [2.45, 2.75) is 18.9 Å². The monoisotopic (exact) mass is 409 g/mol. The molecule has 0 radical (unpaired) electrons. The van der Waals surface area contributed by atoms with Crippen LogP contribution in [0.15, 0.2) is 47.0 Å². The fourth-order valence-electron chi connectivity index (χ4n) is 3.65. The van der Waals surface area contributed by atoms with Crippen LogP contribution in [0.5, 0.6) is 17.2 Å². The molecule has 0 N–H and O–H groups in total. The van der Waals surface area contributed by atoms with Crippen LogP contribution in [-0.4, -0.2) is 48.8 Å². The third kappa shape index (κ3) is 3.68. The lowest BCUT2D eigenvalue weighted by atomic mass is 10.1. The standard InChI is InChI=1S/C22H23N3O5/c1-27-16-7-4-6-15(12-16)22(26)25-11-5-8-17(25)21-23-20(24-30-21)14-9-10-18(28-2)19(13-14)29-3/h4,6-7,9-10,12-13,17H,5,8,11H2,1-3H3/t17-/m0/s1. The van der Waals surface area contributed by atoms with Crippen LogP contribution in [0.2, 0.25) is 0 Å². The molecule has 2 heterocycles. The van der Waals surface area contributed by atoms with E-state index >= 15 is 0 Å². The fraction of sp³-hybridized carbons (Fsp3) is 0.318. The summed E-state index contributed by atoms with van der Waals surface area (Å²) < 4.78 is 21.4. The first-order valence-corrected chi connectivity index (χ1v) is 9.65. The number of nitrogens with zero attached hydrogens (tertiary/aromatic N) is 3. The lowest BCUT2D eigenvalue weighted by Crippen LogP contribution is -2.30. The highest BCUT2D eigenvalue weighted by Crippen LogP contribution is 2.35. The zero-order valence-electron chi connectivity index (χ0n) is 17.1. The molecule has 0 spiro atoms. The van der Waals surface area contributed by atoms with Crippen molar-refractivity contribution in [3.63, 3.8) is 0 Å². The van der Waals surface area contributed by atoms with E-state index in [1.54, 1.807) is 56.6 Å². The minimum absolute atomic E-state index is 0.0812. The number of likely N-dealkylation sites (tertiary alicyclic amines) is 1. The summed E-state index contributed by atoms with van der Waals surface area (Å²) in [5.74, 6) is 2.63. The average Bonchev–Trinajstić information content (AvgIpc) is 3.47. The molecule has 8 heteroatoms. The third-order valence-corrected chi connectivity index (χ3v) is 5.20. The van der Waals surface area contributed by atoms with Crippen molar-refractivity contribution >= 4 is 5.91 Å². The van der Waals surface area contributed by atoms with Crippen molar-refractivity contribution in [1.29, 1.82) is 0 Å². The molecule has 1 aliphatic heterocycles. The Morgan fingerprint density at radius 1 is 1.07 bits per heavy atom. The van der Waals surface area contributed by atoms with Crippen LogP contribution in [0.3, 0.4) is 0 Å². The van der Waals surface area contributed by atoms with Gasteiger partial charge in [-0.05, 0) is 49.2 Å². The van der Waals surface area contributed by atoms with Crippen LogP contribution < -0.4 is 14.2 Å². The van der Waals surface area contributed by atoms with E-state index in [2.05, 4.69) is 10.1 Å². The van der Waals surface area contributed by atoms with E-state index in [9.17, 15) is 4.79 Å². The maximum absolute atomic E-state index is 13.1. The van der Waals surface area contributed by atoms with Gasteiger partial charge >= 0.3 is 0 Å². The maximum atomic E-state index is 13.1. The van der Waals surface area contributed by atoms with Crippen LogP contribution in [0.1, 0.15) is 35.1 Å². The molecule has 0 unspecified atom stereocenters. The predicted octanol–water partition coefficient (Wildman–Crippen LogP) is 3.74. The molecule has 3 aromatic rings. The number of methoxy groups -OCH3 is 3. The Bertz CT molecular complexity index is 1050. The summed E-state index contributed by atoms with van der Waals surface area (Å²) in [5.41, 5.74) is 1.31. The first kappa shape index (κ1) is 19.8. The number of hydrogen-bond donors (Lipinski definition) is 0. The van der Waals surface area contributed by atoms with Gasteiger partial charge in [-0.2, -0.15) is 4.98 Å². The van der Waals surface area contributed by atoms with Gasteiger partial charge in [0.25, 0.3) is 5.91 Å². The van der Waals surface area contributed by atoms with Crippen molar-refractivity contribution < 1.29 is 23.5 Å². The summed E-state index contributed by atoms with van der Waals surface area (Å²) in [6, 6.07) is 12.3. The normalized spacial score (nSPS) is 15.8. The molecule has 1 atom stereocenters. The van der Waals surface area contributed by atoms with Crippen molar-refractivity contribution in [3.8, 4) is 28.6 Å². The lowest BCUT2D eigenvalue weighted by Gasteiger charge is -2.22. The number of carbonyl (C=O) groups is 1. The molecule has 30 heavy (non-hydrogen) atoms. The molecule has 0 saturated carbocycles. The number of ether oxygens (including phenoxy) is 3. The van der Waals surface area contributed by atoms with Gasteiger partial charge in [0, 0.05) is 17.7 Å². The number of hydrogen-bond acceptors (Lipinski definition) is 7. The molecule has 156 valence electrons.